The van der Waals surface area contributed by atoms with Crippen LogP contribution in [0.1, 0.15) is 61.6 Å². The lowest BCUT2D eigenvalue weighted by Gasteiger charge is -2.34. The van der Waals surface area contributed by atoms with Gasteiger partial charge in [0.05, 0.1) is 11.9 Å². The molecule has 7 nitrogen and oxygen atoms in total. The van der Waals surface area contributed by atoms with E-state index in [9.17, 15) is 22.4 Å². The second kappa shape index (κ2) is 15.1. The van der Waals surface area contributed by atoms with Crippen LogP contribution in [0.4, 0.5) is 10.1 Å². The number of rotatable bonds is 13. The molecule has 3 aromatic rings. The zero-order valence-corrected chi connectivity index (χ0v) is 25.9. The summed E-state index contributed by atoms with van der Waals surface area (Å²) in [6, 6.07) is 22.2. The van der Waals surface area contributed by atoms with Crippen molar-refractivity contribution in [1.82, 2.24) is 10.2 Å². The van der Waals surface area contributed by atoms with E-state index in [1.54, 1.807) is 4.90 Å². The van der Waals surface area contributed by atoms with Gasteiger partial charge in [-0.1, -0.05) is 79.4 Å². The van der Waals surface area contributed by atoms with Gasteiger partial charge in [-0.2, -0.15) is 0 Å². The first-order valence-electron chi connectivity index (χ1n) is 15.0. The molecule has 43 heavy (non-hydrogen) atoms. The minimum Gasteiger partial charge on any atom is -0.352 e. The molecule has 0 saturated heterocycles. The Bertz CT molecular complexity index is 1440. The van der Waals surface area contributed by atoms with E-state index in [2.05, 4.69) is 5.32 Å². The highest BCUT2D eigenvalue weighted by Crippen LogP contribution is 2.22. The van der Waals surface area contributed by atoms with Crippen LogP contribution < -0.4 is 9.62 Å². The summed E-state index contributed by atoms with van der Waals surface area (Å²) in [5, 5.41) is 3.24. The Labute approximate surface area is 255 Å². The molecule has 1 atom stereocenters. The standard InChI is InChI=1S/C34H42FN3O4S/c1-26-15-17-28(18-16-26)25-37(33(39)14-9-23-38(43(2,41)42)31-21-19-29(35)20-22-31)32(24-27-10-5-3-6-11-27)34(40)36-30-12-7-4-8-13-30/h3,5-6,10-11,15-22,30,32H,4,7-9,12-14,23-25H2,1-2H3,(H,36,40). The molecule has 0 aliphatic heterocycles. The molecule has 9 heteroatoms. The largest absolute Gasteiger partial charge is 0.352 e. The van der Waals surface area contributed by atoms with Gasteiger partial charge in [-0.25, -0.2) is 12.8 Å². The average Bonchev–Trinajstić information content (AvgIpc) is 2.99. The van der Waals surface area contributed by atoms with Gasteiger partial charge in [0.15, 0.2) is 0 Å². The summed E-state index contributed by atoms with van der Waals surface area (Å²) < 4.78 is 39.8. The minimum absolute atomic E-state index is 0.0427. The number of carbonyl (C=O) groups excluding carboxylic acids is 2. The van der Waals surface area contributed by atoms with Crippen molar-refractivity contribution in [2.45, 2.75) is 76.9 Å². The molecule has 1 N–H and O–H groups in total. The Morgan fingerprint density at radius 1 is 0.907 bits per heavy atom. The first kappa shape index (κ1) is 32.2. The molecule has 1 aliphatic carbocycles. The van der Waals surface area contributed by atoms with Crippen LogP contribution in [-0.4, -0.2) is 50.0 Å². The number of anilines is 1. The van der Waals surface area contributed by atoms with Gasteiger partial charge in [-0.05, 0) is 61.6 Å². The molecule has 1 unspecified atom stereocenters. The monoisotopic (exact) mass is 607 g/mol. The predicted octanol–water partition coefficient (Wildman–Crippen LogP) is 5.77. The average molecular weight is 608 g/mol. The van der Waals surface area contributed by atoms with Gasteiger partial charge in [0.25, 0.3) is 0 Å². The number of sulfonamides is 1. The lowest BCUT2D eigenvalue weighted by atomic mass is 9.94. The maximum Gasteiger partial charge on any atom is 0.243 e. The first-order valence-corrected chi connectivity index (χ1v) is 16.9. The maximum atomic E-state index is 14.0. The van der Waals surface area contributed by atoms with E-state index in [0.717, 1.165) is 48.6 Å². The molecule has 4 rings (SSSR count). The topological polar surface area (TPSA) is 86.8 Å². The number of carbonyl (C=O) groups is 2. The molecule has 0 bridgehead atoms. The van der Waals surface area contributed by atoms with E-state index in [4.69, 9.17) is 0 Å². The van der Waals surface area contributed by atoms with Crippen LogP contribution in [0, 0.1) is 12.7 Å². The number of nitrogens with one attached hydrogen (secondary N) is 1. The zero-order chi connectivity index (χ0) is 30.8. The molecule has 2 amide bonds. The normalized spacial score (nSPS) is 14.6. The van der Waals surface area contributed by atoms with Crippen molar-refractivity contribution in [3.05, 3.63) is 101 Å². The van der Waals surface area contributed by atoms with Crippen molar-refractivity contribution < 1.29 is 22.4 Å². The minimum atomic E-state index is -3.67. The van der Waals surface area contributed by atoms with Gasteiger partial charge in [-0.15, -0.1) is 0 Å². The smallest absolute Gasteiger partial charge is 0.243 e. The number of nitrogens with zero attached hydrogens (tertiary/aromatic N) is 2. The van der Waals surface area contributed by atoms with Crippen LogP contribution in [-0.2, 0) is 32.6 Å². The van der Waals surface area contributed by atoms with Crippen molar-refractivity contribution >= 4 is 27.5 Å². The second-order valence-corrected chi connectivity index (χ2v) is 13.4. The fraction of sp³-hybridized carbons (Fsp3) is 0.412. The van der Waals surface area contributed by atoms with Gasteiger partial charge < -0.3 is 10.2 Å². The van der Waals surface area contributed by atoms with E-state index in [-0.39, 0.29) is 43.8 Å². The molecule has 1 aliphatic rings. The van der Waals surface area contributed by atoms with Gasteiger partial charge in [-0.3, -0.25) is 13.9 Å². The Balaban J connectivity index is 1.58. The first-order chi connectivity index (χ1) is 20.6. The highest BCUT2D eigenvalue weighted by molar-refractivity contribution is 7.92. The molecule has 0 spiro atoms. The molecular weight excluding hydrogens is 565 g/mol. The Kier molecular flexibility index (Phi) is 11.3. The molecular formula is C34H42FN3O4S. The van der Waals surface area contributed by atoms with Crippen molar-refractivity contribution in [3.63, 3.8) is 0 Å². The van der Waals surface area contributed by atoms with Crippen LogP contribution in [0.2, 0.25) is 0 Å². The SMILES string of the molecule is Cc1ccc(CN(C(=O)CCCN(c2ccc(F)cc2)S(C)(=O)=O)C(Cc2ccccc2)C(=O)NC2CCCCC2)cc1. The second-order valence-electron chi connectivity index (χ2n) is 11.5. The quantitative estimate of drug-likeness (QED) is 0.267. The number of halogens is 1. The molecule has 1 saturated carbocycles. The third kappa shape index (κ3) is 9.64. The molecule has 1 fully saturated rings. The van der Waals surface area contributed by atoms with E-state index in [1.807, 2.05) is 61.5 Å². The predicted molar refractivity (Wildman–Crippen MR) is 169 cm³/mol. The number of hydrogen-bond donors (Lipinski definition) is 1. The Morgan fingerprint density at radius 3 is 2.19 bits per heavy atom. The van der Waals surface area contributed by atoms with E-state index in [0.29, 0.717) is 12.1 Å². The molecule has 0 aromatic heterocycles. The van der Waals surface area contributed by atoms with Crippen LogP contribution in [0.25, 0.3) is 0 Å². The fourth-order valence-electron chi connectivity index (χ4n) is 5.60. The van der Waals surface area contributed by atoms with Gasteiger partial charge >= 0.3 is 0 Å². The van der Waals surface area contributed by atoms with E-state index < -0.39 is 21.9 Å². The van der Waals surface area contributed by atoms with E-state index >= 15 is 0 Å². The van der Waals surface area contributed by atoms with Crippen LogP contribution in [0.3, 0.4) is 0 Å². The van der Waals surface area contributed by atoms with Crippen molar-refractivity contribution in [1.29, 1.82) is 0 Å². The lowest BCUT2D eigenvalue weighted by Crippen LogP contribution is -2.52. The molecule has 0 radical (unpaired) electrons. The summed E-state index contributed by atoms with van der Waals surface area (Å²) >= 11 is 0. The number of amides is 2. The third-order valence-electron chi connectivity index (χ3n) is 7.96. The molecule has 3 aromatic carbocycles. The summed E-state index contributed by atoms with van der Waals surface area (Å²) in [4.78, 5) is 29.5. The third-order valence-corrected chi connectivity index (χ3v) is 9.16. The van der Waals surface area contributed by atoms with Crippen molar-refractivity contribution in [3.8, 4) is 0 Å². The number of aryl methyl sites for hydroxylation is 1. The number of benzene rings is 3. The Morgan fingerprint density at radius 2 is 1.56 bits per heavy atom. The zero-order valence-electron chi connectivity index (χ0n) is 25.0. The van der Waals surface area contributed by atoms with Gasteiger partial charge in [0.2, 0.25) is 21.8 Å². The molecule has 230 valence electrons. The summed E-state index contributed by atoms with van der Waals surface area (Å²) in [6.45, 7) is 2.30. The number of hydrogen-bond acceptors (Lipinski definition) is 4. The van der Waals surface area contributed by atoms with Crippen LogP contribution in [0.15, 0.2) is 78.9 Å². The Hall–Kier alpha value is -3.72. The lowest BCUT2D eigenvalue weighted by molar-refractivity contribution is -0.141. The van der Waals surface area contributed by atoms with Gasteiger partial charge in [0, 0.05) is 32.0 Å². The van der Waals surface area contributed by atoms with Crippen LogP contribution >= 0.6 is 0 Å². The highest BCUT2D eigenvalue weighted by Gasteiger charge is 2.32. The van der Waals surface area contributed by atoms with Gasteiger partial charge in [0.1, 0.15) is 11.9 Å². The summed E-state index contributed by atoms with van der Waals surface area (Å²) in [7, 11) is -3.67. The van der Waals surface area contributed by atoms with Crippen molar-refractivity contribution in [2.24, 2.45) is 0 Å². The fourth-order valence-corrected chi connectivity index (χ4v) is 6.57. The van der Waals surface area contributed by atoms with E-state index in [1.165, 1.54) is 35.0 Å². The van der Waals surface area contributed by atoms with Crippen LogP contribution in [0.5, 0.6) is 0 Å². The summed E-state index contributed by atoms with van der Waals surface area (Å²) in [5.74, 6) is -0.858. The summed E-state index contributed by atoms with van der Waals surface area (Å²) in [6.07, 6.45) is 6.91. The highest BCUT2D eigenvalue weighted by atomic mass is 32.2. The molecule has 0 heterocycles. The maximum absolute atomic E-state index is 14.0. The summed E-state index contributed by atoms with van der Waals surface area (Å²) in [5.41, 5.74) is 3.29. The van der Waals surface area contributed by atoms with Crippen molar-refractivity contribution in [2.75, 3.05) is 17.1 Å².